The van der Waals surface area contributed by atoms with Crippen molar-refractivity contribution < 1.29 is 32.6 Å². The van der Waals surface area contributed by atoms with Crippen molar-refractivity contribution in [2.45, 2.75) is 29.9 Å². The summed E-state index contributed by atoms with van der Waals surface area (Å²) in [5.41, 5.74) is 6.69. The number of carbonyl (C=O) groups is 3. The van der Waals surface area contributed by atoms with E-state index < -0.39 is 39.6 Å². The first-order valence-electron chi connectivity index (χ1n) is 11.8. The number of anilines is 1. The highest BCUT2D eigenvalue weighted by atomic mass is 32.2. The molecule has 2 atom stereocenters. The number of carbonyl (C=O) groups excluding carboxylic acids is 3. The molecule has 37 heavy (non-hydrogen) atoms. The number of nitrogens with two attached hydrogens (primary N) is 1. The van der Waals surface area contributed by atoms with E-state index in [0.29, 0.717) is 37.4 Å². The first-order valence-corrected chi connectivity index (χ1v) is 13.5. The molecule has 0 aromatic heterocycles. The lowest BCUT2D eigenvalue weighted by Crippen LogP contribution is -2.39. The van der Waals surface area contributed by atoms with Crippen LogP contribution in [-0.4, -0.2) is 86.2 Å². The Hall–Kier alpha value is -3.48. The molecule has 0 saturated carbocycles. The van der Waals surface area contributed by atoms with E-state index in [0.717, 1.165) is 5.56 Å². The fraction of sp³-hybridized carbons (Fsp3) is 0.400. The predicted molar refractivity (Wildman–Crippen MR) is 135 cm³/mol. The van der Waals surface area contributed by atoms with E-state index >= 15 is 0 Å². The number of aliphatic hydroxyl groups is 1. The van der Waals surface area contributed by atoms with E-state index in [1.165, 1.54) is 12.1 Å². The Bertz CT molecular complexity index is 1310. The standard InChI is InChI=1S/C25H30N4O7S/c1-28(25(33)10-16-5-6-22-20(9-16)27-24(32)15-37(22,34)35)21(13-29-8-7-18(30)12-29)17-3-2-4-19(11-17)36-14-23(26)31/h2-6,9,11,18,21,30H,7-8,10,12-15H2,1H3,(H2,26,31)(H,27,32)/t18-,21?/m1/s1. The second-order valence-electron chi connectivity index (χ2n) is 9.36. The van der Waals surface area contributed by atoms with Gasteiger partial charge in [-0.1, -0.05) is 18.2 Å². The van der Waals surface area contributed by atoms with Gasteiger partial charge in [0.05, 0.1) is 29.1 Å². The van der Waals surface area contributed by atoms with E-state index in [9.17, 15) is 27.9 Å². The van der Waals surface area contributed by atoms with E-state index in [2.05, 4.69) is 10.2 Å². The normalized spacial score (nSPS) is 19.5. The van der Waals surface area contributed by atoms with Crippen LogP contribution in [0.1, 0.15) is 23.6 Å². The average molecular weight is 531 g/mol. The lowest BCUT2D eigenvalue weighted by molar-refractivity contribution is -0.131. The number of β-amino-alcohol motifs (C(OH)–C–C–N with tert-alkyl or cyclic N) is 1. The molecule has 3 amide bonds. The summed E-state index contributed by atoms with van der Waals surface area (Å²) < 4.78 is 30.0. The SMILES string of the molecule is CN(C(=O)Cc1ccc2c(c1)NC(=O)CS2(=O)=O)C(CN1CC[C@@H](O)C1)c1cccc(OCC(N)=O)c1. The number of hydrogen-bond acceptors (Lipinski definition) is 8. The van der Waals surface area contributed by atoms with E-state index in [4.69, 9.17) is 10.5 Å². The second kappa shape index (κ2) is 10.9. The Balaban J connectivity index is 1.56. The molecule has 2 heterocycles. The fourth-order valence-corrected chi connectivity index (χ4v) is 5.90. The Morgan fingerprint density at radius 3 is 2.76 bits per heavy atom. The highest BCUT2D eigenvalue weighted by Gasteiger charge is 2.31. The highest BCUT2D eigenvalue weighted by molar-refractivity contribution is 7.92. The van der Waals surface area contributed by atoms with Gasteiger partial charge in [0, 0.05) is 26.7 Å². The molecule has 12 heteroatoms. The molecule has 1 saturated heterocycles. The van der Waals surface area contributed by atoms with Crippen LogP contribution in [-0.2, 0) is 30.6 Å². The van der Waals surface area contributed by atoms with Crippen LogP contribution in [0.3, 0.4) is 0 Å². The van der Waals surface area contributed by atoms with Gasteiger partial charge in [-0.2, -0.15) is 0 Å². The number of nitrogens with zero attached hydrogens (tertiary/aromatic N) is 2. The van der Waals surface area contributed by atoms with Gasteiger partial charge in [-0.3, -0.25) is 19.3 Å². The van der Waals surface area contributed by atoms with Crippen molar-refractivity contribution in [2.24, 2.45) is 5.73 Å². The second-order valence-corrected chi connectivity index (χ2v) is 11.3. The molecule has 0 radical (unpaired) electrons. The number of primary amides is 1. The summed E-state index contributed by atoms with van der Waals surface area (Å²) in [6, 6.07) is 11.2. The number of benzene rings is 2. The number of amides is 3. The van der Waals surface area contributed by atoms with Gasteiger partial charge >= 0.3 is 0 Å². The minimum absolute atomic E-state index is 0.0172. The van der Waals surface area contributed by atoms with Crippen molar-refractivity contribution in [3.05, 3.63) is 53.6 Å². The molecule has 2 aliphatic rings. The Labute approximate surface area is 215 Å². The zero-order valence-electron chi connectivity index (χ0n) is 20.4. The molecule has 4 N–H and O–H groups in total. The van der Waals surface area contributed by atoms with E-state index in [1.807, 2.05) is 6.07 Å². The number of likely N-dealkylation sites (N-methyl/N-ethyl adjacent to an activating group) is 1. The summed E-state index contributed by atoms with van der Waals surface area (Å²) in [7, 11) is -2.03. The van der Waals surface area contributed by atoms with Crippen molar-refractivity contribution >= 4 is 33.2 Å². The van der Waals surface area contributed by atoms with Crippen LogP contribution in [0.2, 0.25) is 0 Å². The van der Waals surface area contributed by atoms with Gasteiger partial charge < -0.3 is 25.8 Å². The first kappa shape index (κ1) is 26.6. The molecule has 0 aliphatic carbocycles. The van der Waals surface area contributed by atoms with Crippen molar-refractivity contribution in [3.63, 3.8) is 0 Å². The van der Waals surface area contributed by atoms with Crippen LogP contribution in [0, 0.1) is 0 Å². The maximum atomic E-state index is 13.4. The maximum Gasteiger partial charge on any atom is 0.255 e. The lowest BCUT2D eigenvalue weighted by Gasteiger charge is -2.32. The molecule has 2 aromatic carbocycles. The number of hydrogen-bond donors (Lipinski definition) is 3. The minimum atomic E-state index is -3.71. The third-order valence-corrected chi connectivity index (χ3v) is 8.16. The van der Waals surface area contributed by atoms with Crippen molar-refractivity contribution in [3.8, 4) is 5.75 Å². The number of ether oxygens (including phenoxy) is 1. The van der Waals surface area contributed by atoms with Gasteiger partial charge in [0.25, 0.3) is 5.91 Å². The predicted octanol–water partition coefficient (Wildman–Crippen LogP) is 0.0853. The molecule has 1 unspecified atom stereocenters. The molecule has 0 bridgehead atoms. The van der Waals surface area contributed by atoms with E-state index in [1.54, 1.807) is 36.2 Å². The molecular weight excluding hydrogens is 500 g/mol. The van der Waals surface area contributed by atoms with Crippen LogP contribution >= 0.6 is 0 Å². The third-order valence-electron chi connectivity index (χ3n) is 6.49. The van der Waals surface area contributed by atoms with Crippen molar-refractivity contribution in [1.29, 1.82) is 0 Å². The Kier molecular flexibility index (Phi) is 7.81. The third kappa shape index (κ3) is 6.45. The van der Waals surface area contributed by atoms with Crippen LogP contribution < -0.4 is 15.8 Å². The van der Waals surface area contributed by atoms with E-state index in [-0.39, 0.29) is 29.5 Å². The quantitative estimate of drug-likeness (QED) is 0.411. The molecule has 2 aliphatic heterocycles. The zero-order chi connectivity index (χ0) is 26.7. The van der Waals surface area contributed by atoms with Crippen molar-refractivity contribution in [2.75, 3.05) is 44.4 Å². The molecule has 0 spiro atoms. The maximum absolute atomic E-state index is 13.4. The summed E-state index contributed by atoms with van der Waals surface area (Å²) >= 11 is 0. The number of sulfone groups is 1. The highest BCUT2D eigenvalue weighted by Crippen LogP contribution is 2.30. The molecule has 1 fully saturated rings. The molecule has 4 rings (SSSR count). The molecule has 2 aromatic rings. The van der Waals surface area contributed by atoms with Crippen LogP contribution in [0.15, 0.2) is 47.4 Å². The smallest absolute Gasteiger partial charge is 0.255 e. The number of aliphatic hydroxyl groups excluding tert-OH is 1. The van der Waals surface area contributed by atoms with Gasteiger partial charge in [0.2, 0.25) is 11.8 Å². The van der Waals surface area contributed by atoms with Gasteiger partial charge in [-0.05, 0) is 41.8 Å². The number of rotatable bonds is 9. The fourth-order valence-electron chi connectivity index (χ4n) is 4.61. The van der Waals surface area contributed by atoms with Crippen LogP contribution in [0.5, 0.6) is 5.75 Å². The van der Waals surface area contributed by atoms with Crippen LogP contribution in [0.25, 0.3) is 0 Å². The molecule has 11 nitrogen and oxygen atoms in total. The summed E-state index contributed by atoms with van der Waals surface area (Å²) in [6.45, 7) is 1.38. The number of nitrogens with one attached hydrogen (secondary N) is 1. The van der Waals surface area contributed by atoms with Crippen molar-refractivity contribution in [1.82, 2.24) is 9.80 Å². The van der Waals surface area contributed by atoms with Gasteiger partial charge in [0.1, 0.15) is 11.5 Å². The van der Waals surface area contributed by atoms with Gasteiger partial charge in [-0.15, -0.1) is 0 Å². The minimum Gasteiger partial charge on any atom is -0.484 e. The lowest BCUT2D eigenvalue weighted by atomic mass is 10.0. The topological polar surface area (TPSA) is 159 Å². The average Bonchev–Trinajstić information content (AvgIpc) is 3.24. The Morgan fingerprint density at radius 2 is 2.05 bits per heavy atom. The van der Waals surface area contributed by atoms with Gasteiger partial charge in [-0.25, -0.2) is 8.42 Å². The number of likely N-dealkylation sites (tertiary alicyclic amines) is 1. The summed E-state index contributed by atoms with van der Waals surface area (Å²) in [5.74, 6) is -1.60. The first-order chi connectivity index (χ1) is 17.5. The monoisotopic (exact) mass is 530 g/mol. The van der Waals surface area contributed by atoms with Crippen LogP contribution in [0.4, 0.5) is 5.69 Å². The Morgan fingerprint density at radius 1 is 1.27 bits per heavy atom. The molecular formula is C25H30N4O7S. The zero-order valence-corrected chi connectivity index (χ0v) is 21.2. The molecule has 198 valence electrons. The number of fused-ring (bicyclic) bond motifs is 1. The summed E-state index contributed by atoms with van der Waals surface area (Å²) in [4.78, 5) is 40.0. The van der Waals surface area contributed by atoms with Gasteiger partial charge in [0.15, 0.2) is 16.4 Å². The summed E-state index contributed by atoms with van der Waals surface area (Å²) in [5, 5.41) is 12.6. The summed E-state index contributed by atoms with van der Waals surface area (Å²) in [6.07, 6.45) is 0.209. The largest absolute Gasteiger partial charge is 0.484 e.